The van der Waals surface area contributed by atoms with Gasteiger partial charge in [0.25, 0.3) is 0 Å². The number of hydrogen-bond acceptors (Lipinski definition) is 5. The molecule has 3 unspecified atom stereocenters. The largest absolute Gasteiger partial charge is 0.462 e. The monoisotopic (exact) mass is 930 g/mol. The molecule has 67 heavy (non-hydrogen) atoms. The molecule has 0 heterocycles. The maximum atomic E-state index is 13.2. The number of hydrogen-bond donors (Lipinski definition) is 3. The molecule has 0 aromatic heterocycles. The highest BCUT2D eigenvalue weighted by molar-refractivity contribution is 5.77. The second-order valence-corrected chi connectivity index (χ2v) is 18.2. The van der Waals surface area contributed by atoms with Crippen LogP contribution in [0, 0.1) is 0 Å². The van der Waals surface area contributed by atoms with Crippen molar-refractivity contribution >= 4 is 11.9 Å². The predicted molar refractivity (Wildman–Crippen MR) is 291 cm³/mol. The number of unbranched alkanes of at least 4 members (excludes halogenated alkanes) is 18. The lowest BCUT2D eigenvalue weighted by atomic mass is 10.0. The summed E-state index contributed by atoms with van der Waals surface area (Å²) in [4.78, 5) is 26.2. The van der Waals surface area contributed by atoms with Gasteiger partial charge in [0.1, 0.15) is 6.10 Å². The number of carbonyl (C=O) groups is 2. The Hall–Kier alpha value is -3.48. The first kappa shape index (κ1) is 63.5. The fourth-order valence-electron chi connectivity index (χ4n) is 7.70. The Labute approximate surface area is 413 Å². The van der Waals surface area contributed by atoms with Crippen molar-refractivity contribution in [1.29, 1.82) is 0 Å². The molecule has 0 saturated heterocycles. The molecular weight excluding hydrogens is 827 g/mol. The summed E-state index contributed by atoms with van der Waals surface area (Å²) in [6.07, 6.45) is 73.0. The zero-order chi connectivity index (χ0) is 48.8. The highest BCUT2D eigenvalue weighted by atomic mass is 16.5. The van der Waals surface area contributed by atoms with E-state index in [4.69, 9.17) is 4.74 Å². The second kappa shape index (κ2) is 53.5. The number of amides is 1. The summed E-state index contributed by atoms with van der Waals surface area (Å²) in [5.74, 6) is -0.618. The summed E-state index contributed by atoms with van der Waals surface area (Å²) in [5.41, 5.74) is 0. The molecule has 0 aliphatic rings. The molecule has 0 spiro atoms. The standard InChI is InChI=1S/C61H103NO5/c1-4-7-10-13-16-19-22-25-28-29-30-31-33-36-39-42-45-48-51-54-61(66)67-57(52-49-46-43-40-37-34-32-26-23-20-17-14-11-8-5-2)55-60(65)62-58(56-63)59(64)53-50-47-44-41-38-35-27-24-21-18-15-12-9-6-3/h7,10,16-17,19-20,25-26,28,30-32,36-37,39-40,45,48,57-59,63-64H,4-6,8-9,11-15,18,21-24,27,29,33-35,38,41-44,46-47,49-56H2,1-3H3,(H,62,65)/b10-7-,19-16-,20-17-,28-25-,31-30-,32-26-,39-36-,40-37-,48-45-. The summed E-state index contributed by atoms with van der Waals surface area (Å²) in [6, 6.07) is -0.736. The van der Waals surface area contributed by atoms with Gasteiger partial charge in [-0.1, -0.05) is 233 Å². The van der Waals surface area contributed by atoms with Crippen molar-refractivity contribution in [1.82, 2.24) is 5.32 Å². The van der Waals surface area contributed by atoms with Gasteiger partial charge in [0.05, 0.1) is 25.2 Å². The third-order valence-corrected chi connectivity index (χ3v) is 11.8. The molecule has 0 rings (SSSR count). The van der Waals surface area contributed by atoms with E-state index in [0.29, 0.717) is 19.3 Å². The summed E-state index contributed by atoms with van der Waals surface area (Å²) in [5, 5.41) is 23.8. The van der Waals surface area contributed by atoms with Crippen molar-refractivity contribution in [2.24, 2.45) is 0 Å². The van der Waals surface area contributed by atoms with Crippen molar-refractivity contribution in [3.8, 4) is 0 Å². The van der Waals surface area contributed by atoms with Crippen molar-refractivity contribution in [2.75, 3.05) is 6.61 Å². The lowest BCUT2D eigenvalue weighted by molar-refractivity contribution is -0.150. The molecule has 0 aliphatic carbocycles. The molecule has 0 aromatic carbocycles. The highest BCUT2D eigenvalue weighted by Crippen LogP contribution is 2.16. The number of esters is 1. The Balaban J connectivity index is 4.77. The average Bonchev–Trinajstić information content (AvgIpc) is 3.32. The molecule has 3 N–H and O–H groups in total. The van der Waals surface area contributed by atoms with Gasteiger partial charge < -0.3 is 20.3 Å². The van der Waals surface area contributed by atoms with Crippen LogP contribution in [-0.2, 0) is 14.3 Å². The SMILES string of the molecule is CC/C=C\C/C=C\C/C=C\C/C=C\C/C=C\C/C=C\CCC(=O)OC(CCCC/C=C\C/C=C\C/C=C\CCCCC)CC(=O)NC(CO)C(O)CCCCCCCCCCCCCCCC. The molecule has 6 heteroatoms. The van der Waals surface area contributed by atoms with Crippen molar-refractivity contribution < 1.29 is 24.5 Å². The van der Waals surface area contributed by atoms with Crippen LogP contribution in [0.5, 0.6) is 0 Å². The van der Waals surface area contributed by atoms with Crippen LogP contribution in [0.4, 0.5) is 0 Å². The van der Waals surface area contributed by atoms with E-state index in [1.54, 1.807) is 0 Å². The summed E-state index contributed by atoms with van der Waals surface area (Å²) in [7, 11) is 0. The van der Waals surface area contributed by atoms with Crippen molar-refractivity contribution in [3.05, 3.63) is 109 Å². The maximum Gasteiger partial charge on any atom is 0.306 e. The molecule has 0 radical (unpaired) electrons. The first-order valence-corrected chi connectivity index (χ1v) is 27.6. The lowest BCUT2D eigenvalue weighted by Gasteiger charge is -2.24. The number of nitrogens with one attached hydrogen (secondary N) is 1. The fraction of sp³-hybridized carbons (Fsp3) is 0.672. The van der Waals surface area contributed by atoms with E-state index in [1.807, 2.05) is 6.08 Å². The van der Waals surface area contributed by atoms with E-state index in [-0.39, 0.29) is 31.3 Å². The second-order valence-electron chi connectivity index (χ2n) is 18.2. The van der Waals surface area contributed by atoms with Crippen LogP contribution in [-0.4, -0.2) is 46.9 Å². The first-order valence-electron chi connectivity index (χ1n) is 27.6. The number of aliphatic hydroxyl groups is 2. The zero-order valence-corrected chi connectivity index (χ0v) is 43.5. The number of aliphatic hydroxyl groups excluding tert-OH is 2. The summed E-state index contributed by atoms with van der Waals surface area (Å²) >= 11 is 0. The minimum atomic E-state index is -0.817. The molecule has 0 aromatic rings. The Bertz CT molecular complexity index is 1370. The van der Waals surface area contributed by atoms with Gasteiger partial charge in [-0.2, -0.15) is 0 Å². The van der Waals surface area contributed by atoms with Crippen LogP contribution < -0.4 is 5.32 Å². The van der Waals surface area contributed by atoms with Gasteiger partial charge in [0.2, 0.25) is 5.91 Å². The molecular formula is C61H103NO5. The minimum absolute atomic E-state index is 0.0153. The van der Waals surface area contributed by atoms with Crippen molar-refractivity contribution in [2.45, 2.75) is 257 Å². The Morgan fingerprint density at radius 2 is 0.806 bits per heavy atom. The van der Waals surface area contributed by atoms with E-state index < -0.39 is 18.2 Å². The normalized spacial score (nSPS) is 14.0. The van der Waals surface area contributed by atoms with Gasteiger partial charge >= 0.3 is 5.97 Å². The van der Waals surface area contributed by atoms with Crippen LogP contribution in [0.3, 0.4) is 0 Å². The summed E-state index contributed by atoms with van der Waals surface area (Å²) < 4.78 is 5.89. The van der Waals surface area contributed by atoms with E-state index in [9.17, 15) is 19.8 Å². The van der Waals surface area contributed by atoms with E-state index >= 15 is 0 Å². The minimum Gasteiger partial charge on any atom is -0.462 e. The van der Waals surface area contributed by atoms with Crippen LogP contribution in [0.15, 0.2) is 109 Å². The van der Waals surface area contributed by atoms with Gasteiger partial charge in [-0.25, -0.2) is 0 Å². The molecule has 3 atom stereocenters. The van der Waals surface area contributed by atoms with Crippen LogP contribution in [0.1, 0.15) is 239 Å². The molecule has 0 fully saturated rings. The fourth-order valence-corrected chi connectivity index (χ4v) is 7.70. The number of allylic oxidation sites excluding steroid dienone is 18. The van der Waals surface area contributed by atoms with Gasteiger partial charge in [-0.15, -0.1) is 0 Å². The van der Waals surface area contributed by atoms with Crippen molar-refractivity contribution in [3.63, 3.8) is 0 Å². The Morgan fingerprint density at radius 3 is 1.24 bits per heavy atom. The van der Waals surface area contributed by atoms with Gasteiger partial charge in [-0.05, 0) is 103 Å². The van der Waals surface area contributed by atoms with Crippen LogP contribution in [0.2, 0.25) is 0 Å². The van der Waals surface area contributed by atoms with Gasteiger partial charge in [0.15, 0.2) is 0 Å². The molecule has 382 valence electrons. The van der Waals surface area contributed by atoms with Crippen LogP contribution in [0.25, 0.3) is 0 Å². The Kier molecular flexibility index (Phi) is 50.7. The van der Waals surface area contributed by atoms with E-state index in [0.717, 1.165) is 89.9 Å². The highest BCUT2D eigenvalue weighted by Gasteiger charge is 2.24. The van der Waals surface area contributed by atoms with E-state index in [2.05, 4.69) is 129 Å². The third-order valence-electron chi connectivity index (χ3n) is 11.8. The smallest absolute Gasteiger partial charge is 0.306 e. The molecule has 0 saturated carbocycles. The molecule has 0 aliphatic heterocycles. The number of ether oxygens (including phenoxy) is 1. The number of carbonyl (C=O) groups excluding carboxylic acids is 2. The maximum absolute atomic E-state index is 13.2. The third kappa shape index (κ3) is 48.8. The zero-order valence-electron chi connectivity index (χ0n) is 43.5. The molecule has 0 bridgehead atoms. The van der Waals surface area contributed by atoms with Gasteiger partial charge in [0, 0.05) is 6.42 Å². The topological polar surface area (TPSA) is 95.9 Å². The molecule has 1 amide bonds. The Morgan fingerprint density at radius 1 is 0.448 bits per heavy atom. The van der Waals surface area contributed by atoms with Gasteiger partial charge in [-0.3, -0.25) is 9.59 Å². The quantitative estimate of drug-likeness (QED) is 0.0321. The number of rotatable bonds is 48. The lowest BCUT2D eigenvalue weighted by Crippen LogP contribution is -2.46. The first-order chi connectivity index (χ1) is 33.0. The van der Waals surface area contributed by atoms with Crippen LogP contribution >= 0.6 is 0 Å². The average molecular weight is 930 g/mol. The van der Waals surface area contributed by atoms with E-state index in [1.165, 1.54) is 96.3 Å². The molecule has 6 nitrogen and oxygen atoms in total. The predicted octanol–water partition coefficient (Wildman–Crippen LogP) is 17.1. The summed E-state index contributed by atoms with van der Waals surface area (Å²) in [6.45, 7) is 6.32.